The summed E-state index contributed by atoms with van der Waals surface area (Å²) >= 11 is 0. The number of nitrogens with zero attached hydrogens (tertiary/aromatic N) is 2. The van der Waals surface area contributed by atoms with Gasteiger partial charge < -0.3 is 10.2 Å². The smallest absolute Gasteiger partial charge is 0.257 e. The summed E-state index contributed by atoms with van der Waals surface area (Å²) in [4.78, 5) is 18.3. The van der Waals surface area contributed by atoms with E-state index in [2.05, 4.69) is 10.3 Å². The summed E-state index contributed by atoms with van der Waals surface area (Å²) in [5, 5.41) is 2.92. The highest BCUT2D eigenvalue weighted by molar-refractivity contribution is 5.95. The van der Waals surface area contributed by atoms with Crippen molar-refractivity contribution in [3.05, 3.63) is 23.6 Å². The molecule has 1 N–H and O–H groups in total. The number of nitrogens with one attached hydrogen (secondary N) is 1. The number of hydrogen-bond acceptors (Lipinski definition) is 3. The lowest BCUT2D eigenvalue weighted by Gasteiger charge is -2.22. The van der Waals surface area contributed by atoms with Crippen LogP contribution in [0.1, 0.15) is 49.9 Å². The Morgan fingerprint density at radius 3 is 2.80 bits per heavy atom. The first kappa shape index (κ1) is 14.8. The molecule has 0 radical (unpaired) electrons. The largest absolute Gasteiger partial charge is 0.368 e. The number of carbonyl (C=O) groups is 1. The monoisotopic (exact) mass is 279 g/mol. The van der Waals surface area contributed by atoms with E-state index in [0.29, 0.717) is 19.1 Å². The van der Waals surface area contributed by atoms with Gasteiger partial charge in [-0.25, -0.2) is 9.37 Å². The first-order chi connectivity index (χ1) is 9.69. The zero-order chi connectivity index (χ0) is 14.5. The summed E-state index contributed by atoms with van der Waals surface area (Å²) in [6.45, 7) is 5.35. The first-order valence-electron chi connectivity index (χ1n) is 7.38. The maximum atomic E-state index is 14.4. The highest BCUT2D eigenvalue weighted by Gasteiger charge is 2.33. The molecule has 1 heterocycles. The van der Waals surface area contributed by atoms with Crippen LogP contribution in [0, 0.1) is 5.82 Å². The van der Waals surface area contributed by atoms with E-state index in [9.17, 15) is 9.18 Å². The van der Waals surface area contributed by atoms with Crippen LogP contribution < -0.4 is 5.32 Å². The molecule has 1 fully saturated rings. The van der Waals surface area contributed by atoms with Crippen LogP contribution >= 0.6 is 0 Å². The second kappa shape index (κ2) is 6.68. The highest BCUT2D eigenvalue weighted by atomic mass is 19.1. The van der Waals surface area contributed by atoms with Gasteiger partial charge in [0.15, 0.2) is 11.6 Å². The number of amides is 1. The van der Waals surface area contributed by atoms with Gasteiger partial charge in [0.25, 0.3) is 5.91 Å². The molecule has 1 aromatic heterocycles. The maximum absolute atomic E-state index is 14.4. The fourth-order valence-corrected chi connectivity index (χ4v) is 2.21. The fourth-order valence-electron chi connectivity index (χ4n) is 2.21. The van der Waals surface area contributed by atoms with Crippen molar-refractivity contribution >= 4 is 11.7 Å². The Morgan fingerprint density at radius 2 is 2.20 bits per heavy atom. The molecule has 1 saturated carbocycles. The SMILES string of the molecule is CCCNc1nccc(C(=O)N(CCC)C2CC2)c1F. The average Bonchev–Trinajstić information content (AvgIpc) is 3.27. The summed E-state index contributed by atoms with van der Waals surface area (Å²) < 4.78 is 14.4. The van der Waals surface area contributed by atoms with Gasteiger partial charge in [-0.1, -0.05) is 13.8 Å². The van der Waals surface area contributed by atoms with E-state index in [1.807, 2.05) is 13.8 Å². The second-order valence-electron chi connectivity index (χ2n) is 5.18. The normalized spacial score (nSPS) is 14.2. The van der Waals surface area contributed by atoms with Gasteiger partial charge in [-0.05, 0) is 31.7 Å². The second-order valence-corrected chi connectivity index (χ2v) is 5.18. The van der Waals surface area contributed by atoms with Crippen LogP contribution in [-0.4, -0.2) is 34.9 Å². The van der Waals surface area contributed by atoms with Crippen LogP contribution in [-0.2, 0) is 0 Å². The molecule has 0 unspecified atom stereocenters. The molecule has 0 atom stereocenters. The van der Waals surface area contributed by atoms with Crippen LogP contribution in [0.3, 0.4) is 0 Å². The Kier molecular flexibility index (Phi) is 4.93. The molecule has 20 heavy (non-hydrogen) atoms. The van der Waals surface area contributed by atoms with Crippen molar-refractivity contribution < 1.29 is 9.18 Å². The fraction of sp³-hybridized carbons (Fsp3) is 0.600. The predicted molar refractivity (Wildman–Crippen MR) is 77.3 cm³/mol. The lowest BCUT2D eigenvalue weighted by molar-refractivity contribution is 0.0738. The molecule has 2 rings (SSSR count). The molecule has 1 aliphatic carbocycles. The molecule has 0 spiro atoms. The quantitative estimate of drug-likeness (QED) is 0.834. The topological polar surface area (TPSA) is 45.2 Å². The van der Waals surface area contributed by atoms with E-state index in [1.165, 1.54) is 12.3 Å². The molecule has 1 aliphatic rings. The summed E-state index contributed by atoms with van der Waals surface area (Å²) in [5.74, 6) is -0.577. The number of aromatic nitrogens is 1. The third-order valence-electron chi connectivity index (χ3n) is 3.38. The molecule has 5 heteroatoms. The minimum absolute atomic E-state index is 0.124. The lowest BCUT2D eigenvalue weighted by Crippen LogP contribution is -2.34. The molecular weight excluding hydrogens is 257 g/mol. The molecule has 1 aromatic rings. The number of halogens is 1. The van der Waals surface area contributed by atoms with Gasteiger partial charge in [-0.3, -0.25) is 4.79 Å². The lowest BCUT2D eigenvalue weighted by atomic mass is 10.2. The van der Waals surface area contributed by atoms with E-state index in [4.69, 9.17) is 0 Å². The molecule has 110 valence electrons. The van der Waals surface area contributed by atoms with Crippen LogP contribution in [0.15, 0.2) is 12.3 Å². The molecule has 0 aliphatic heterocycles. The Balaban J connectivity index is 2.20. The van der Waals surface area contributed by atoms with Gasteiger partial charge >= 0.3 is 0 Å². The summed E-state index contributed by atoms with van der Waals surface area (Å²) in [5.41, 5.74) is 0.124. The maximum Gasteiger partial charge on any atom is 0.257 e. The minimum Gasteiger partial charge on any atom is -0.368 e. The standard InChI is InChI=1S/C15H22FN3O/c1-3-8-17-14-13(16)12(7-9-18-14)15(20)19(10-4-2)11-5-6-11/h7,9,11H,3-6,8,10H2,1-2H3,(H,17,18). The molecule has 1 amide bonds. The van der Waals surface area contributed by atoms with Crippen molar-refractivity contribution in [2.24, 2.45) is 0 Å². The number of pyridine rings is 1. The van der Waals surface area contributed by atoms with Gasteiger partial charge in [-0.2, -0.15) is 0 Å². The van der Waals surface area contributed by atoms with E-state index in [-0.39, 0.29) is 17.3 Å². The Hall–Kier alpha value is -1.65. The van der Waals surface area contributed by atoms with Crippen LogP contribution in [0.25, 0.3) is 0 Å². The number of carbonyl (C=O) groups excluding carboxylic acids is 1. The Labute approximate surface area is 119 Å². The van der Waals surface area contributed by atoms with Crippen molar-refractivity contribution in [3.63, 3.8) is 0 Å². The van der Waals surface area contributed by atoms with Gasteiger partial charge in [0, 0.05) is 25.3 Å². The third kappa shape index (κ3) is 3.26. The van der Waals surface area contributed by atoms with E-state index in [0.717, 1.165) is 25.7 Å². The minimum atomic E-state index is -0.535. The summed E-state index contributed by atoms with van der Waals surface area (Å²) in [7, 11) is 0. The van der Waals surface area contributed by atoms with Crippen LogP contribution in [0.4, 0.5) is 10.2 Å². The van der Waals surface area contributed by atoms with Crippen LogP contribution in [0.5, 0.6) is 0 Å². The van der Waals surface area contributed by atoms with Crippen LogP contribution in [0.2, 0.25) is 0 Å². The molecular formula is C15H22FN3O. The number of hydrogen-bond donors (Lipinski definition) is 1. The van der Waals surface area contributed by atoms with E-state index >= 15 is 0 Å². The third-order valence-corrected chi connectivity index (χ3v) is 3.38. The Bertz CT molecular complexity index is 474. The number of anilines is 1. The van der Waals surface area contributed by atoms with Gasteiger partial charge in [0.1, 0.15) is 0 Å². The highest BCUT2D eigenvalue weighted by Crippen LogP contribution is 2.29. The predicted octanol–water partition coefficient (Wildman–Crippen LogP) is 3.06. The van der Waals surface area contributed by atoms with E-state index < -0.39 is 5.82 Å². The molecule has 4 nitrogen and oxygen atoms in total. The van der Waals surface area contributed by atoms with Gasteiger partial charge in [-0.15, -0.1) is 0 Å². The Morgan fingerprint density at radius 1 is 1.45 bits per heavy atom. The van der Waals surface area contributed by atoms with Crippen molar-refractivity contribution in [1.29, 1.82) is 0 Å². The van der Waals surface area contributed by atoms with Crippen molar-refractivity contribution in [2.45, 2.75) is 45.6 Å². The first-order valence-corrected chi connectivity index (χ1v) is 7.38. The zero-order valence-electron chi connectivity index (χ0n) is 12.2. The van der Waals surface area contributed by atoms with Crippen molar-refractivity contribution in [2.75, 3.05) is 18.4 Å². The molecule has 0 bridgehead atoms. The van der Waals surface area contributed by atoms with Crippen molar-refractivity contribution in [1.82, 2.24) is 9.88 Å². The summed E-state index contributed by atoms with van der Waals surface area (Å²) in [6.07, 6.45) is 5.31. The zero-order valence-corrected chi connectivity index (χ0v) is 12.2. The number of rotatable bonds is 7. The average molecular weight is 279 g/mol. The van der Waals surface area contributed by atoms with Gasteiger partial charge in [0.2, 0.25) is 0 Å². The van der Waals surface area contributed by atoms with E-state index in [1.54, 1.807) is 4.90 Å². The van der Waals surface area contributed by atoms with Gasteiger partial charge in [0.05, 0.1) is 5.56 Å². The molecule has 0 aromatic carbocycles. The van der Waals surface area contributed by atoms with Crippen molar-refractivity contribution in [3.8, 4) is 0 Å². The molecule has 0 saturated heterocycles. The summed E-state index contributed by atoms with van der Waals surface area (Å²) in [6, 6.07) is 1.77.